The van der Waals surface area contributed by atoms with Crippen molar-refractivity contribution >= 4 is 5.69 Å². The lowest BCUT2D eigenvalue weighted by Gasteiger charge is -2.01. The minimum absolute atomic E-state index is 0.659. The van der Waals surface area contributed by atoms with Crippen LogP contribution in [0.2, 0.25) is 0 Å². The van der Waals surface area contributed by atoms with Crippen molar-refractivity contribution in [3.05, 3.63) is 36.8 Å². The third-order valence-electron chi connectivity index (χ3n) is 1.56. The molecule has 0 bridgehead atoms. The zero-order valence-electron chi connectivity index (χ0n) is 7.22. The first-order chi connectivity index (χ1) is 5.83. The normalized spacial score (nSPS) is 8.50. The van der Waals surface area contributed by atoms with Crippen molar-refractivity contribution in [1.82, 2.24) is 0 Å². The van der Waals surface area contributed by atoms with Crippen molar-refractivity contribution in [2.45, 2.75) is 6.92 Å². The molecule has 0 saturated carbocycles. The van der Waals surface area contributed by atoms with Crippen LogP contribution < -0.4 is 5.32 Å². The van der Waals surface area contributed by atoms with Gasteiger partial charge in [0.1, 0.15) is 0 Å². The standard InChI is InChI=1S/C11H12N/c1-3-4-9-12-11-7-5-10(2)6-8-11/h5-8,12H,1,9H2,2H3. The number of benzene rings is 1. The molecular formula is C11H12N. The van der Waals surface area contributed by atoms with Gasteiger partial charge in [0.05, 0.1) is 6.54 Å². The fourth-order valence-corrected chi connectivity index (χ4v) is 0.880. The molecule has 61 valence electrons. The van der Waals surface area contributed by atoms with Crippen LogP contribution in [-0.4, -0.2) is 6.54 Å². The van der Waals surface area contributed by atoms with Gasteiger partial charge in [0.2, 0.25) is 0 Å². The zero-order valence-corrected chi connectivity index (χ0v) is 7.22. The minimum Gasteiger partial charge on any atom is -0.374 e. The zero-order chi connectivity index (χ0) is 8.81. The van der Waals surface area contributed by atoms with Crippen LogP contribution in [0.5, 0.6) is 0 Å². The van der Waals surface area contributed by atoms with Gasteiger partial charge in [0.25, 0.3) is 0 Å². The summed E-state index contributed by atoms with van der Waals surface area (Å²) in [5.74, 6) is 5.43. The summed E-state index contributed by atoms with van der Waals surface area (Å²) in [4.78, 5) is 0. The maximum Gasteiger partial charge on any atom is 0.0765 e. The highest BCUT2D eigenvalue weighted by Gasteiger charge is 1.87. The lowest BCUT2D eigenvalue weighted by Crippen LogP contribution is -1.97. The Hall–Kier alpha value is -1.42. The van der Waals surface area contributed by atoms with E-state index in [1.807, 2.05) is 12.1 Å². The van der Waals surface area contributed by atoms with E-state index in [4.69, 9.17) is 0 Å². The van der Waals surface area contributed by atoms with Crippen molar-refractivity contribution in [3.63, 3.8) is 0 Å². The molecule has 0 aliphatic carbocycles. The quantitative estimate of drug-likeness (QED) is 0.651. The van der Waals surface area contributed by atoms with E-state index in [9.17, 15) is 0 Å². The van der Waals surface area contributed by atoms with Crippen LogP contribution in [-0.2, 0) is 0 Å². The second kappa shape index (κ2) is 4.46. The summed E-state index contributed by atoms with van der Waals surface area (Å²) in [7, 11) is 0. The van der Waals surface area contributed by atoms with E-state index in [1.165, 1.54) is 5.56 Å². The first kappa shape index (κ1) is 8.67. The van der Waals surface area contributed by atoms with Crippen molar-refractivity contribution in [1.29, 1.82) is 0 Å². The smallest absolute Gasteiger partial charge is 0.0765 e. The topological polar surface area (TPSA) is 12.0 Å². The van der Waals surface area contributed by atoms with E-state index < -0.39 is 0 Å². The van der Waals surface area contributed by atoms with Gasteiger partial charge in [-0.3, -0.25) is 0 Å². The van der Waals surface area contributed by atoms with Gasteiger partial charge < -0.3 is 5.32 Å². The fourth-order valence-electron chi connectivity index (χ4n) is 0.880. The number of nitrogens with one attached hydrogen (secondary N) is 1. The predicted octanol–water partition coefficient (Wildman–Crippen LogP) is 2.24. The number of hydrogen-bond donors (Lipinski definition) is 1. The molecule has 1 radical (unpaired) electrons. The molecule has 0 aliphatic rings. The van der Waals surface area contributed by atoms with Gasteiger partial charge in [-0.2, -0.15) is 0 Å². The molecule has 0 fully saturated rings. The van der Waals surface area contributed by atoms with Gasteiger partial charge >= 0.3 is 0 Å². The first-order valence-electron chi connectivity index (χ1n) is 3.88. The van der Waals surface area contributed by atoms with E-state index in [-0.39, 0.29) is 0 Å². The molecule has 0 unspecified atom stereocenters. The second-order valence-corrected chi connectivity index (χ2v) is 2.57. The number of anilines is 1. The molecule has 0 spiro atoms. The molecule has 0 aromatic heterocycles. The van der Waals surface area contributed by atoms with Crippen LogP contribution in [0.4, 0.5) is 5.69 Å². The van der Waals surface area contributed by atoms with E-state index >= 15 is 0 Å². The van der Waals surface area contributed by atoms with Gasteiger partial charge in [0.15, 0.2) is 0 Å². The highest BCUT2D eigenvalue weighted by atomic mass is 14.8. The lowest BCUT2D eigenvalue weighted by molar-refractivity contribution is 1.36. The van der Waals surface area contributed by atoms with Crippen molar-refractivity contribution in [2.75, 3.05) is 11.9 Å². The van der Waals surface area contributed by atoms with Crippen LogP contribution >= 0.6 is 0 Å². The molecule has 1 N–H and O–H groups in total. The number of aryl methyl sites for hydroxylation is 1. The Morgan fingerprint density at radius 2 is 2.00 bits per heavy atom. The van der Waals surface area contributed by atoms with Gasteiger partial charge in [-0.15, -0.1) is 5.92 Å². The van der Waals surface area contributed by atoms with Crippen molar-refractivity contribution in [2.24, 2.45) is 0 Å². The summed E-state index contributed by atoms with van der Waals surface area (Å²) in [6.45, 7) is 6.16. The summed E-state index contributed by atoms with van der Waals surface area (Å²) >= 11 is 0. The molecule has 0 atom stereocenters. The molecule has 0 heterocycles. The van der Waals surface area contributed by atoms with Crippen molar-refractivity contribution < 1.29 is 0 Å². The molecule has 12 heavy (non-hydrogen) atoms. The molecule has 1 aromatic rings. The summed E-state index contributed by atoms with van der Waals surface area (Å²) in [6, 6.07) is 8.22. The Bertz CT molecular complexity index is 287. The maximum absolute atomic E-state index is 3.43. The van der Waals surface area contributed by atoms with E-state index in [0.717, 1.165) is 5.69 Å². The molecule has 0 saturated heterocycles. The average molecular weight is 158 g/mol. The third kappa shape index (κ3) is 2.67. The maximum atomic E-state index is 3.43. The Balaban J connectivity index is 2.51. The molecule has 0 aliphatic heterocycles. The lowest BCUT2D eigenvalue weighted by atomic mass is 10.2. The Labute approximate surface area is 73.8 Å². The number of hydrogen-bond acceptors (Lipinski definition) is 1. The Morgan fingerprint density at radius 1 is 1.33 bits per heavy atom. The first-order valence-corrected chi connectivity index (χ1v) is 3.88. The summed E-state index contributed by atoms with van der Waals surface area (Å²) in [6.07, 6.45) is 0. The van der Waals surface area contributed by atoms with E-state index in [1.54, 1.807) is 0 Å². The summed E-state index contributed by atoms with van der Waals surface area (Å²) in [5, 5.41) is 3.16. The van der Waals surface area contributed by atoms with Gasteiger partial charge in [-0.05, 0) is 19.1 Å². The molecule has 0 amide bonds. The Morgan fingerprint density at radius 3 is 2.58 bits per heavy atom. The van der Waals surface area contributed by atoms with Crippen molar-refractivity contribution in [3.8, 4) is 11.8 Å². The summed E-state index contributed by atoms with van der Waals surface area (Å²) in [5.41, 5.74) is 2.37. The van der Waals surface area contributed by atoms with Gasteiger partial charge in [0, 0.05) is 12.6 Å². The SMILES string of the molecule is [CH2]C#CCNc1ccc(C)cc1. The molecule has 1 nitrogen and oxygen atoms in total. The molecule has 1 heteroatoms. The largest absolute Gasteiger partial charge is 0.374 e. The predicted molar refractivity (Wildman–Crippen MR) is 52.8 cm³/mol. The second-order valence-electron chi connectivity index (χ2n) is 2.57. The van der Waals surface area contributed by atoms with Crippen LogP contribution in [0, 0.1) is 25.7 Å². The molecular weight excluding hydrogens is 146 g/mol. The van der Waals surface area contributed by atoms with Gasteiger partial charge in [-0.1, -0.05) is 23.6 Å². The van der Waals surface area contributed by atoms with Crippen LogP contribution in [0.1, 0.15) is 5.56 Å². The van der Waals surface area contributed by atoms with E-state index in [2.05, 4.69) is 43.1 Å². The fraction of sp³-hybridized carbons (Fsp3) is 0.182. The number of rotatable bonds is 2. The van der Waals surface area contributed by atoms with Crippen LogP contribution in [0.15, 0.2) is 24.3 Å². The van der Waals surface area contributed by atoms with Crippen LogP contribution in [0.3, 0.4) is 0 Å². The Kier molecular flexibility index (Phi) is 3.22. The third-order valence-corrected chi connectivity index (χ3v) is 1.56. The monoisotopic (exact) mass is 158 g/mol. The van der Waals surface area contributed by atoms with Gasteiger partial charge in [-0.25, -0.2) is 0 Å². The summed E-state index contributed by atoms with van der Waals surface area (Å²) < 4.78 is 0. The molecule has 1 rings (SSSR count). The molecule has 1 aromatic carbocycles. The minimum atomic E-state index is 0.659. The highest BCUT2D eigenvalue weighted by Crippen LogP contribution is 2.07. The highest BCUT2D eigenvalue weighted by molar-refractivity contribution is 5.45. The average Bonchev–Trinajstić information content (AvgIpc) is 2.09. The van der Waals surface area contributed by atoms with Crippen LogP contribution in [0.25, 0.3) is 0 Å². The van der Waals surface area contributed by atoms with E-state index in [0.29, 0.717) is 6.54 Å².